The molecule has 0 saturated carbocycles. The number of benzene rings is 1. The van der Waals surface area contributed by atoms with Crippen LogP contribution in [0.15, 0.2) is 30.5 Å². The fraction of sp³-hybridized carbons (Fsp3) is 0. The van der Waals surface area contributed by atoms with Crippen LogP contribution < -0.4 is 0 Å². The number of aromatic carboxylic acids is 2. The third-order valence-corrected chi connectivity index (χ3v) is 2.71. The van der Waals surface area contributed by atoms with Gasteiger partial charge in [-0.15, -0.1) is 0 Å². The molecule has 0 radical (unpaired) electrons. The lowest BCUT2D eigenvalue weighted by Crippen LogP contribution is -2.02. The highest BCUT2D eigenvalue weighted by atomic mass is 35.5. The summed E-state index contributed by atoms with van der Waals surface area (Å²) in [5.41, 5.74) is 0.381. The molecule has 3 N–H and O–H groups in total. The standard InChI is InChI=1S/C12H8ClNO4/c13-7-3-1-6(2-4-7)9-8(11(15)16)5-14-10(9)12(17)18/h1-5,14H,(H,15,16)(H,17,18). The van der Waals surface area contributed by atoms with Crippen LogP contribution in [0.5, 0.6) is 0 Å². The van der Waals surface area contributed by atoms with E-state index in [-0.39, 0.29) is 16.8 Å². The number of carbonyl (C=O) groups is 2. The van der Waals surface area contributed by atoms with Gasteiger partial charge >= 0.3 is 11.9 Å². The highest BCUT2D eigenvalue weighted by Gasteiger charge is 2.22. The molecule has 0 amide bonds. The van der Waals surface area contributed by atoms with Gasteiger partial charge in [-0.25, -0.2) is 9.59 Å². The van der Waals surface area contributed by atoms with E-state index in [0.29, 0.717) is 10.6 Å². The minimum Gasteiger partial charge on any atom is -0.478 e. The second-order valence-electron chi connectivity index (χ2n) is 3.57. The molecule has 2 rings (SSSR count). The molecule has 0 unspecified atom stereocenters. The number of aromatic amines is 1. The summed E-state index contributed by atoms with van der Waals surface area (Å²) in [6, 6.07) is 6.29. The first-order chi connectivity index (χ1) is 8.50. The number of H-pyrrole nitrogens is 1. The first kappa shape index (κ1) is 12.2. The molecule has 18 heavy (non-hydrogen) atoms. The van der Waals surface area contributed by atoms with Crippen LogP contribution in [0.1, 0.15) is 20.8 Å². The van der Waals surface area contributed by atoms with Crippen LogP contribution in [-0.2, 0) is 0 Å². The molecule has 1 heterocycles. The summed E-state index contributed by atoms with van der Waals surface area (Å²) in [7, 11) is 0. The van der Waals surface area contributed by atoms with Crippen molar-refractivity contribution in [3.05, 3.63) is 46.7 Å². The summed E-state index contributed by atoms with van der Waals surface area (Å²) in [5, 5.41) is 18.6. The smallest absolute Gasteiger partial charge is 0.352 e. The second kappa shape index (κ2) is 4.54. The molecule has 6 heteroatoms. The maximum Gasteiger partial charge on any atom is 0.352 e. The second-order valence-corrected chi connectivity index (χ2v) is 4.01. The highest BCUT2D eigenvalue weighted by Crippen LogP contribution is 2.28. The fourth-order valence-electron chi connectivity index (χ4n) is 1.68. The predicted molar refractivity (Wildman–Crippen MR) is 65.2 cm³/mol. The van der Waals surface area contributed by atoms with Crippen molar-refractivity contribution < 1.29 is 19.8 Å². The van der Waals surface area contributed by atoms with Gasteiger partial charge < -0.3 is 15.2 Å². The molecule has 1 aromatic heterocycles. The van der Waals surface area contributed by atoms with Gasteiger partial charge in [0.05, 0.1) is 5.56 Å². The summed E-state index contributed by atoms with van der Waals surface area (Å²) >= 11 is 5.74. The Kier molecular flexibility index (Phi) is 3.08. The number of hydrogen-bond donors (Lipinski definition) is 3. The highest BCUT2D eigenvalue weighted by molar-refractivity contribution is 6.30. The maximum absolute atomic E-state index is 11.1. The van der Waals surface area contributed by atoms with Crippen molar-refractivity contribution in [2.75, 3.05) is 0 Å². The molecule has 5 nitrogen and oxygen atoms in total. The van der Waals surface area contributed by atoms with Crippen molar-refractivity contribution >= 4 is 23.5 Å². The Labute approximate surface area is 107 Å². The van der Waals surface area contributed by atoms with Crippen LogP contribution in [0.2, 0.25) is 5.02 Å². The van der Waals surface area contributed by atoms with Crippen molar-refractivity contribution in [1.82, 2.24) is 4.98 Å². The molecule has 0 aliphatic heterocycles. The SMILES string of the molecule is O=C(O)c1c[nH]c(C(=O)O)c1-c1ccc(Cl)cc1. The van der Waals surface area contributed by atoms with E-state index < -0.39 is 11.9 Å². The molecule has 92 valence electrons. The van der Waals surface area contributed by atoms with E-state index in [2.05, 4.69) is 4.98 Å². The minimum atomic E-state index is -1.22. The lowest BCUT2D eigenvalue weighted by molar-refractivity contribution is 0.0688. The molecule has 0 fully saturated rings. The molecular weight excluding hydrogens is 258 g/mol. The van der Waals surface area contributed by atoms with Crippen molar-refractivity contribution in [1.29, 1.82) is 0 Å². The van der Waals surface area contributed by atoms with E-state index in [1.807, 2.05) is 0 Å². The molecular formula is C12H8ClNO4. The summed E-state index contributed by atoms with van der Waals surface area (Å²) in [6.07, 6.45) is 1.16. The van der Waals surface area contributed by atoms with Gasteiger partial charge in [0.25, 0.3) is 0 Å². The zero-order chi connectivity index (χ0) is 13.3. The molecule has 0 aliphatic rings. The summed E-state index contributed by atoms with van der Waals surface area (Å²) in [5.74, 6) is -2.41. The Balaban J connectivity index is 2.66. The Hall–Kier alpha value is -2.27. The predicted octanol–water partition coefficient (Wildman–Crippen LogP) is 2.73. The first-order valence-electron chi connectivity index (χ1n) is 4.94. The number of carboxylic acids is 2. The monoisotopic (exact) mass is 265 g/mol. The van der Waals surface area contributed by atoms with Gasteiger partial charge in [-0.05, 0) is 17.7 Å². The number of nitrogens with one attached hydrogen (secondary N) is 1. The molecule has 0 bridgehead atoms. The molecule has 0 spiro atoms. The Bertz CT molecular complexity index is 584. The Morgan fingerprint density at radius 3 is 2.17 bits per heavy atom. The quantitative estimate of drug-likeness (QED) is 0.796. The van der Waals surface area contributed by atoms with Crippen LogP contribution in [0.25, 0.3) is 11.1 Å². The molecule has 0 atom stereocenters. The lowest BCUT2D eigenvalue weighted by Gasteiger charge is -2.03. The van der Waals surface area contributed by atoms with E-state index in [1.54, 1.807) is 24.3 Å². The molecule has 2 aromatic rings. The normalized spacial score (nSPS) is 10.3. The number of aromatic nitrogens is 1. The van der Waals surface area contributed by atoms with Gasteiger partial charge in [0.2, 0.25) is 0 Å². The van der Waals surface area contributed by atoms with E-state index >= 15 is 0 Å². The third kappa shape index (κ3) is 2.08. The van der Waals surface area contributed by atoms with E-state index in [1.165, 1.54) is 0 Å². The summed E-state index contributed by atoms with van der Waals surface area (Å²) in [6.45, 7) is 0. The average molecular weight is 266 g/mol. The number of halogens is 1. The Morgan fingerprint density at radius 2 is 1.67 bits per heavy atom. The van der Waals surface area contributed by atoms with Gasteiger partial charge in [0.15, 0.2) is 0 Å². The van der Waals surface area contributed by atoms with Gasteiger partial charge in [0, 0.05) is 16.8 Å². The zero-order valence-electron chi connectivity index (χ0n) is 8.98. The number of carboxylic acid groups (broad SMARTS) is 2. The van der Waals surface area contributed by atoms with Crippen LogP contribution in [0.3, 0.4) is 0 Å². The molecule has 0 aliphatic carbocycles. The lowest BCUT2D eigenvalue weighted by atomic mass is 10.0. The van der Waals surface area contributed by atoms with Crippen LogP contribution >= 0.6 is 11.6 Å². The zero-order valence-corrected chi connectivity index (χ0v) is 9.73. The largest absolute Gasteiger partial charge is 0.478 e. The maximum atomic E-state index is 11.1. The van der Waals surface area contributed by atoms with Crippen LogP contribution in [0.4, 0.5) is 0 Å². The summed E-state index contributed by atoms with van der Waals surface area (Å²) in [4.78, 5) is 24.6. The Morgan fingerprint density at radius 1 is 1.06 bits per heavy atom. The van der Waals surface area contributed by atoms with Crippen LogP contribution in [-0.4, -0.2) is 27.1 Å². The van der Waals surface area contributed by atoms with Crippen LogP contribution in [0, 0.1) is 0 Å². The van der Waals surface area contributed by atoms with Gasteiger partial charge in [-0.2, -0.15) is 0 Å². The van der Waals surface area contributed by atoms with E-state index in [0.717, 1.165) is 6.20 Å². The molecule has 1 aromatic carbocycles. The van der Waals surface area contributed by atoms with Crippen molar-refractivity contribution in [3.8, 4) is 11.1 Å². The van der Waals surface area contributed by atoms with Crippen molar-refractivity contribution in [3.63, 3.8) is 0 Å². The van der Waals surface area contributed by atoms with Crippen molar-refractivity contribution in [2.45, 2.75) is 0 Å². The summed E-state index contributed by atoms with van der Waals surface area (Å²) < 4.78 is 0. The fourth-order valence-corrected chi connectivity index (χ4v) is 1.80. The number of hydrogen-bond acceptors (Lipinski definition) is 2. The molecule has 0 saturated heterocycles. The van der Waals surface area contributed by atoms with Gasteiger partial charge in [0.1, 0.15) is 5.69 Å². The van der Waals surface area contributed by atoms with Crippen molar-refractivity contribution in [2.24, 2.45) is 0 Å². The van der Waals surface area contributed by atoms with E-state index in [9.17, 15) is 9.59 Å². The van der Waals surface area contributed by atoms with Gasteiger partial charge in [-0.3, -0.25) is 0 Å². The topological polar surface area (TPSA) is 90.4 Å². The number of rotatable bonds is 3. The third-order valence-electron chi connectivity index (χ3n) is 2.46. The van der Waals surface area contributed by atoms with Gasteiger partial charge in [-0.1, -0.05) is 23.7 Å². The average Bonchev–Trinajstić information content (AvgIpc) is 2.74. The van der Waals surface area contributed by atoms with E-state index in [4.69, 9.17) is 21.8 Å². The first-order valence-corrected chi connectivity index (χ1v) is 5.32. The minimum absolute atomic E-state index is 0.0882.